The Morgan fingerprint density at radius 3 is 2.61 bits per heavy atom. The van der Waals surface area contributed by atoms with Crippen LogP contribution in [-0.2, 0) is 11.8 Å². The molecule has 238 valence electrons. The van der Waals surface area contributed by atoms with Gasteiger partial charge in [0.25, 0.3) is 0 Å². The summed E-state index contributed by atoms with van der Waals surface area (Å²) in [5.74, 6) is 2.02. The molecule has 1 aromatic heterocycles. The molecule has 1 aliphatic heterocycles. The van der Waals surface area contributed by atoms with Gasteiger partial charge < -0.3 is 29.4 Å². The van der Waals surface area contributed by atoms with Gasteiger partial charge in [0.15, 0.2) is 5.84 Å². The standard InChI is InChI=1S/C30H38ClN7O3.C3H8/c1-8-20(3)16-32-28-15-24(12-13-37(28)5)41-27-11-10-22(14-25(27)31)36-30-29(26(9-2)33-19-34-30)35-21(4)38(6)17-23(39)18-40-7;1-3-2/h9-16,19,23,39H,4,8,17-18H2,1-3,5-7H3,(H,33,34,36);3H2,1-2H3/b20-16?,26-9+,32-28?,35-29+;. The number of likely N-dealkylation sites (N-methyl/N-ethyl adjacent to an activating group) is 1. The van der Waals surface area contributed by atoms with Gasteiger partial charge in [-0.15, -0.1) is 0 Å². The first-order chi connectivity index (χ1) is 21.1. The summed E-state index contributed by atoms with van der Waals surface area (Å²) in [6.45, 7) is 14.8. The molecule has 1 atom stereocenters. The van der Waals surface area contributed by atoms with E-state index in [2.05, 4.69) is 52.6 Å². The van der Waals surface area contributed by atoms with Crippen LogP contribution in [-0.4, -0.2) is 65.9 Å². The number of aliphatic hydroxyl groups excluding tert-OH is 1. The van der Waals surface area contributed by atoms with Gasteiger partial charge in [0.05, 0.1) is 23.4 Å². The molecule has 2 N–H and O–H groups in total. The summed E-state index contributed by atoms with van der Waals surface area (Å²) in [6.07, 6.45) is 8.55. The van der Waals surface area contributed by atoms with Gasteiger partial charge in [-0.1, -0.05) is 57.0 Å². The number of benzene rings is 1. The molecule has 11 heteroatoms. The maximum Gasteiger partial charge on any atom is 0.160 e. The summed E-state index contributed by atoms with van der Waals surface area (Å²) in [4.78, 5) is 19.7. The first-order valence-corrected chi connectivity index (χ1v) is 15.0. The first kappa shape index (κ1) is 36.2. The van der Waals surface area contributed by atoms with E-state index < -0.39 is 6.10 Å². The maximum atomic E-state index is 10.1. The molecular formula is C33H46ClN7O3. The average molecular weight is 624 g/mol. The smallest absolute Gasteiger partial charge is 0.160 e. The number of aryl methyl sites for hydroxylation is 1. The number of nitrogens with zero attached hydrogens (tertiary/aromatic N) is 6. The number of amidine groups is 1. The van der Waals surface area contributed by atoms with E-state index in [0.717, 1.165) is 11.9 Å². The highest BCUT2D eigenvalue weighted by molar-refractivity contribution is 6.53. The van der Waals surface area contributed by atoms with Crippen LogP contribution < -0.4 is 15.5 Å². The van der Waals surface area contributed by atoms with E-state index in [-0.39, 0.29) is 6.61 Å². The fourth-order valence-corrected chi connectivity index (χ4v) is 3.83. The summed E-state index contributed by atoms with van der Waals surface area (Å²) >= 11 is 6.62. The van der Waals surface area contributed by atoms with Gasteiger partial charge in [-0.2, -0.15) is 0 Å². The van der Waals surface area contributed by atoms with Crippen molar-refractivity contribution in [2.45, 2.75) is 53.6 Å². The minimum absolute atomic E-state index is 0.211. The highest BCUT2D eigenvalue weighted by atomic mass is 35.5. The zero-order chi connectivity index (χ0) is 32.6. The minimum atomic E-state index is -0.677. The zero-order valence-corrected chi connectivity index (χ0v) is 27.9. The van der Waals surface area contributed by atoms with E-state index in [1.165, 1.54) is 25.4 Å². The first-order valence-electron chi connectivity index (χ1n) is 14.6. The Balaban J connectivity index is 0.00000216. The van der Waals surface area contributed by atoms with Crippen molar-refractivity contribution in [1.29, 1.82) is 0 Å². The third-order valence-electron chi connectivity index (χ3n) is 6.14. The lowest BCUT2D eigenvalue weighted by molar-refractivity contribution is 0.0490. The number of nitrogens with one attached hydrogen (secondary N) is 1. The Morgan fingerprint density at radius 2 is 1.98 bits per heavy atom. The Morgan fingerprint density at radius 1 is 1.25 bits per heavy atom. The number of allylic oxidation sites excluding steroid dienone is 2. The highest BCUT2D eigenvalue weighted by Gasteiger charge is 2.19. The van der Waals surface area contributed by atoms with Crippen LogP contribution in [0, 0.1) is 0 Å². The molecule has 1 unspecified atom stereocenters. The van der Waals surface area contributed by atoms with Crippen LogP contribution in [0.1, 0.15) is 47.5 Å². The predicted molar refractivity (Wildman–Crippen MR) is 183 cm³/mol. The second-order valence-corrected chi connectivity index (χ2v) is 10.5. The minimum Gasteiger partial charge on any atom is -0.456 e. The lowest BCUT2D eigenvalue weighted by atomic mass is 10.2. The normalized spacial score (nSPS) is 15.9. The molecule has 2 aromatic rings. The quantitative estimate of drug-likeness (QED) is 0.289. The SMILES string of the molecule is C=C(/N=C1/C(Nc2ccc(Oc3ccn(C)c(=NC=C(C)CC)c3)c(Cl)c2)=NC=N/C1=C/C)N(C)CC(O)COC.CCC. The van der Waals surface area contributed by atoms with Gasteiger partial charge in [-0.3, -0.25) is 0 Å². The number of rotatable bonds is 11. The second-order valence-electron chi connectivity index (χ2n) is 10.1. The number of hydrogen-bond donors (Lipinski definition) is 2. The number of pyridine rings is 1. The molecule has 0 fully saturated rings. The molecule has 1 aliphatic rings. The van der Waals surface area contributed by atoms with Crippen LogP contribution in [0.3, 0.4) is 0 Å². The van der Waals surface area contributed by atoms with Crippen molar-refractivity contribution >= 4 is 35.2 Å². The van der Waals surface area contributed by atoms with Gasteiger partial charge >= 0.3 is 0 Å². The van der Waals surface area contributed by atoms with E-state index >= 15 is 0 Å². The van der Waals surface area contributed by atoms with Crippen molar-refractivity contribution in [1.82, 2.24) is 9.47 Å². The molecule has 0 saturated heterocycles. The Hall–Kier alpha value is -3.99. The molecule has 0 aliphatic carbocycles. The summed E-state index contributed by atoms with van der Waals surface area (Å²) in [6, 6.07) is 9.09. The second kappa shape index (κ2) is 18.6. The number of aromatic nitrogens is 1. The number of aliphatic imine (C=N–C) groups is 3. The molecule has 0 amide bonds. The average Bonchev–Trinajstić information content (AvgIpc) is 2.99. The van der Waals surface area contributed by atoms with Crippen molar-refractivity contribution in [2.24, 2.45) is 27.0 Å². The van der Waals surface area contributed by atoms with E-state index in [1.54, 1.807) is 24.1 Å². The summed E-state index contributed by atoms with van der Waals surface area (Å²) in [5.41, 5.74) is 3.76. The van der Waals surface area contributed by atoms with Crippen LogP contribution in [0.15, 0.2) is 92.4 Å². The topological polar surface area (TPSA) is 108 Å². The van der Waals surface area contributed by atoms with E-state index in [4.69, 9.17) is 21.1 Å². The van der Waals surface area contributed by atoms with Crippen LogP contribution >= 0.6 is 11.6 Å². The number of hydrogen-bond acceptors (Lipinski definition) is 9. The van der Waals surface area contributed by atoms with Crippen molar-refractivity contribution < 1.29 is 14.6 Å². The fourth-order valence-electron chi connectivity index (χ4n) is 3.61. The summed E-state index contributed by atoms with van der Waals surface area (Å²) < 4.78 is 13.0. The third-order valence-corrected chi connectivity index (χ3v) is 6.44. The molecular weight excluding hydrogens is 578 g/mol. The number of halogens is 1. The number of aliphatic hydroxyl groups is 1. The van der Waals surface area contributed by atoms with Gasteiger partial charge in [0.2, 0.25) is 0 Å². The van der Waals surface area contributed by atoms with Crippen LogP contribution in [0.4, 0.5) is 5.69 Å². The molecule has 1 aromatic carbocycles. The van der Waals surface area contributed by atoms with E-state index in [0.29, 0.717) is 51.8 Å². The number of ether oxygens (including phenoxy) is 2. The zero-order valence-electron chi connectivity index (χ0n) is 27.1. The lowest BCUT2D eigenvalue weighted by Crippen LogP contribution is -2.32. The maximum absolute atomic E-state index is 10.1. The molecule has 0 spiro atoms. The Labute approximate surface area is 266 Å². The number of methoxy groups -OCH3 is 1. The summed E-state index contributed by atoms with van der Waals surface area (Å²) in [5, 5.41) is 13.8. The van der Waals surface area contributed by atoms with Crippen LogP contribution in [0.2, 0.25) is 5.02 Å². The van der Waals surface area contributed by atoms with Crippen LogP contribution in [0.25, 0.3) is 0 Å². The molecule has 0 saturated carbocycles. The molecule has 0 radical (unpaired) electrons. The van der Waals surface area contributed by atoms with Crippen molar-refractivity contribution in [3.63, 3.8) is 0 Å². The molecule has 3 rings (SSSR count). The lowest BCUT2D eigenvalue weighted by Gasteiger charge is -2.23. The monoisotopic (exact) mass is 623 g/mol. The molecule has 0 bridgehead atoms. The van der Waals surface area contributed by atoms with E-state index in [1.807, 2.05) is 62.1 Å². The van der Waals surface area contributed by atoms with Crippen molar-refractivity contribution in [2.75, 3.05) is 32.6 Å². The van der Waals surface area contributed by atoms with Crippen molar-refractivity contribution in [3.05, 3.63) is 83.0 Å². The highest BCUT2D eigenvalue weighted by Crippen LogP contribution is 2.31. The van der Waals surface area contributed by atoms with Gasteiger partial charge in [-0.05, 0) is 44.5 Å². The molecule has 10 nitrogen and oxygen atoms in total. The Kier molecular flexibility index (Phi) is 15.3. The van der Waals surface area contributed by atoms with Crippen LogP contribution in [0.5, 0.6) is 11.5 Å². The number of anilines is 1. The van der Waals surface area contributed by atoms with E-state index in [9.17, 15) is 5.11 Å². The Bertz CT molecular complexity index is 1490. The van der Waals surface area contributed by atoms with Gasteiger partial charge in [-0.25, -0.2) is 20.0 Å². The van der Waals surface area contributed by atoms with Gasteiger partial charge in [0.1, 0.15) is 34.9 Å². The van der Waals surface area contributed by atoms with Crippen molar-refractivity contribution in [3.8, 4) is 11.5 Å². The molecule has 44 heavy (non-hydrogen) atoms. The summed E-state index contributed by atoms with van der Waals surface area (Å²) in [7, 11) is 5.26. The fraction of sp³-hybridized carbons (Fsp3) is 0.394. The largest absolute Gasteiger partial charge is 0.456 e. The predicted octanol–water partition coefficient (Wildman–Crippen LogP) is 6.71. The molecule has 2 heterocycles. The third kappa shape index (κ3) is 11.3. The van der Waals surface area contributed by atoms with Gasteiger partial charge in [0, 0.05) is 51.9 Å².